The molecule has 3 nitrogen and oxygen atoms in total. The molecule has 1 rings (SSSR count). The van der Waals surface area contributed by atoms with Crippen LogP contribution in [-0.4, -0.2) is 37.5 Å². The van der Waals surface area contributed by atoms with Gasteiger partial charge in [0.05, 0.1) is 12.7 Å². The van der Waals surface area contributed by atoms with Crippen molar-refractivity contribution in [2.24, 2.45) is 10.8 Å². The molecule has 1 aliphatic rings. The number of rotatable bonds is 6. The molecular formula is C15H31NO2. The van der Waals surface area contributed by atoms with E-state index in [9.17, 15) is 5.11 Å². The van der Waals surface area contributed by atoms with E-state index in [-0.39, 0.29) is 6.10 Å². The van der Waals surface area contributed by atoms with Gasteiger partial charge in [-0.05, 0) is 43.1 Å². The number of ether oxygens (including phenoxy) is 1. The van der Waals surface area contributed by atoms with Crippen LogP contribution in [0.25, 0.3) is 0 Å². The van der Waals surface area contributed by atoms with Crippen LogP contribution in [-0.2, 0) is 4.74 Å². The fourth-order valence-corrected chi connectivity index (χ4v) is 3.72. The molecule has 0 aromatic rings. The first-order valence-corrected chi connectivity index (χ1v) is 7.14. The molecular weight excluding hydrogens is 226 g/mol. The highest BCUT2D eigenvalue weighted by atomic mass is 16.5. The molecule has 1 saturated carbocycles. The Balaban J connectivity index is 2.33. The van der Waals surface area contributed by atoms with Crippen molar-refractivity contribution in [3.8, 4) is 0 Å². The molecule has 1 aliphatic carbocycles. The molecule has 0 aliphatic heterocycles. The maximum atomic E-state index is 9.62. The van der Waals surface area contributed by atoms with Gasteiger partial charge in [0.15, 0.2) is 0 Å². The average Bonchev–Trinajstić information content (AvgIpc) is 2.12. The van der Waals surface area contributed by atoms with Gasteiger partial charge >= 0.3 is 0 Å². The molecule has 18 heavy (non-hydrogen) atoms. The Kier molecular flexibility index (Phi) is 5.63. The first-order valence-electron chi connectivity index (χ1n) is 7.14. The smallest absolute Gasteiger partial charge is 0.0785 e. The Morgan fingerprint density at radius 1 is 1.22 bits per heavy atom. The van der Waals surface area contributed by atoms with E-state index < -0.39 is 0 Å². The van der Waals surface area contributed by atoms with Gasteiger partial charge in [-0.2, -0.15) is 0 Å². The Morgan fingerprint density at radius 2 is 1.78 bits per heavy atom. The average molecular weight is 257 g/mol. The Labute approximate surface area is 112 Å². The zero-order valence-corrected chi connectivity index (χ0v) is 12.8. The largest absolute Gasteiger partial charge is 0.391 e. The summed E-state index contributed by atoms with van der Waals surface area (Å²) >= 11 is 0. The molecule has 0 aromatic heterocycles. The van der Waals surface area contributed by atoms with Crippen molar-refractivity contribution in [2.75, 3.05) is 20.3 Å². The van der Waals surface area contributed by atoms with Crippen LogP contribution in [0.3, 0.4) is 0 Å². The molecule has 0 spiro atoms. The molecule has 0 amide bonds. The maximum absolute atomic E-state index is 9.62. The third-order valence-corrected chi connectivity index (χ3v) is 3.82. The Bertz CT molecular complexity index is 235. The van der Waals surface area contributed by atoms with Crippen molar-refractivity contribution in [3.05, 3.63) is 0 Å². The van der Waals surface area contributed by atoms with Crippen LogP contribution in [0.4, 0.5) is 0 Å². The Morgan fingerprint density at radius 3 is 2.28 bits per heavy atom. The van der Waals surface area contributed by atoms with E-state index in [2.05, 4.69) is 33.0 Å². The Hall–Kier alpha value is -0.120. The fourth-order valence-electron chi connectivity index (χ4n) is 3.72. The van der Waals surface area contributed by atoms with Crippen LogP contribution >= 0.6 is 0 Å². The lowest BCUT2D eigenvalue weighted by Gasteiger charge is -2.45. The van der Waals surface area contributed by atoms with Gasteiger partial charge in [0.2, 0.25) is 0 Å². The first kappa shape index (κ1) is 15.9. The highest BCUT2D eigenvalue weighted by Crippen LogP contribution is 2.45. The van der Waals surface area contributed by atoms with Gasteiger partial charge in [-0.15, -0.1) is 0 Å². The maximum Gasteiger partial charge on any atom is 0.0785 e. The molecule has 108 valence electrons. The van der Waals surface area contributed by atoms with Gasteiger partial charge < -0.3 is 15.2 Å². The lowest BCUT2D eigenvalue weighted by Crippen LogP contribution is -2.44. The number of hydrogen-bond donors (Lipinski definition) is 2. The molecule has 0 radical (unpaired) electrons. The van der Waals surface area contributed by atoms with Gasteiger partial charge in [-0.25, -0.2) is 0 Å². The minimum Gasteiger partial charge on any atom is -0.391 e. The number of aliphatic hydroxyl groups is 1. The molecule has 0 bridgehead atoms. The molecule has 2 N–H and O–H groups in total. The van der Waals surface area contributed by atoms with Crippen molar-refractivity contribution in [3.63, 3.8) is 0 Å². The van der Waals surface area contributed by atoms with E-state index in [1.54, 1.807) is 7.11 Å². The summed E-state index contributed by atoms with van der Waals surface area (Å²) in [6, 6.07) is 0.582. The first-order chi connectivity index (χ1) is 8.24. The van der Waals surface area contributed by atoms with Gasteiger partial charge in [0, 0.05) is 13.2 Å². The summed E-state index contributed by atoms with van der Waals surface area (Å²) in [4.78, 5) is 0. The normalized spacial score (nSPS) is 25.0. The van der Waals surface area contributed by atoms with Crippen LogP contribution in [0.1, 0.15) is 53.4 Å². The molecule has 0 saturated heterocycles. The van der Waals surface area contributed by atoms with Crippen LogP contribution in [0.15, 0.2) is 0 Å². The van der Waals surface area contributed by atoms with Crippen molar-refractivity contribution in [1.29, 1.82) is 0 Å². The quantitative estimate of drug-likeness (QED) is 0.768. The van der Waals surface area contributed by atoms with Crippen LogP contribution in [0, 0.1) is 10.8 Å². The molecule has 1 fully saturated rings. The van der Waals surface area contributed by atoms with Crippen molar-refractivity contribution in [2.45, 2.75) is 65.5 Å². The summed E-state index contributed by atoms with van der Waals surface area (Å²) in [7, 11) is 1.63. The standard InChI is InChI=1S/C15H31NO2/c1-14(2)8-12(9-15(3,4)11-14)16-7-6-13(17)10-18-5/h12-13,16-17H,6-11H2,1-5H3. The lowest BCUT2D eigenvalue weighted by molar-refractivity contribution is 0.0541. The number of nitrogens with one attached hydrogen (secondary N) is 1. The summed E-state index contributed by atoms with van der Waals surface area (Å²) in [5.41, 5.74) is 0.842. The van der Waals surface area contributed by atoms with E-state index in [1.165, 1.54) is 19.3 Å². The molecule has 0 aromatic carbocycles. The predicted octanol–water partition coefficient (Wildman–Crippen LogP) is 2.58. The highest BCUT2D eigenvalue weighted by molar-refractivity contribution is 4.92. The second-order valence-electron chi connectivity index (χ2n) is 7.46. The number of methoxy groups -OCH3 is 1. The number of hydrogen-bond acceptors (Lipinski definition) is 3. The number of aliphatic hydroxyl groups excluding tert-OH is 1. The minimum absolute atomic E-state index is 0.341. The van der Waals surface area contributed by atoms with Crippen molar-refractivity contribution < 1.29 is 9.84 Å². The lowest BCUT2D eigenvalue weighted by atomic mass is 9.63. The van der Waals surface area contributed by atoms with Gasteiger partial charge in [-0.3, -0.25) is 0 Å². The highest BCUT2D eigenvalue weighted by Gasteiger charge is 2.37. The minimum atomic E-state index is -0.341. The molecule has 3 heteroatoms. The summed E-state index contributed by atoms with van der Waals surface area (Å²) in [6.07, 6.45) is 4.19. The van der Waals surface area contributed by atoms with E-state index in [0.717, 1.165) is 13.0 Å². The molecule has 1 atom stereocenters. The van der Waals surface area contributed by atoms with Crippen LogP contribution < -0.4 is 5.32 Å². The van der Waals surface area contributed by atoms with Crippen molar-refractivity contribution >= 4 is 0 Å². The third-order valence-electron chi connectivity index (χ3n) is 3.82. The SMILES string of the molecule is COCC(O)CCNC1CC(C)(C)CC(C)(C)C1. The summed E-state index contributed by atoms with van der Waals surface area (Å²) in [5, 5.41) is 13.2. The van der Waals surface area contributed by atoms with Crippen LogP contribution in [0.2, 0.25) is 0 Å². The van der Waals surface area contributed by atoms with Gasteiger partial charge in [-0.1, -0.05) is 27.7 Å². The molecule has 1 unspecified atom stereocenters. The summed E-state index contributed by atoms with van der Waals surface area (Å²) < 4.78 is 4.93. The van der Waals surface area contributed by atoms with Gasteiger partial charge in [0.25, 0.3) is 0 Å². The predicted molar refractivity (Wildman–Crippen MR) is 75.7 cm³/mol. The van der Waals surface area contributed by atoms with E-state index in [0.29, 0.717) is 23.5 Å². The van der Waals surface area contributed by atoms with E-state index in [1.807, 2.05) is 0 Å². The van der Waals surface area contributed by atoms with E-state index in [4.69, 9.17) is 4.74 Å². The van der Waals surface area contributed by atoms with Gasteiger partial charge in [0.1, 0.15) is 0 Å². The fraction of sp³-hybridized carbons (Fsp3) is 1.00. The van der Waals surface area contributed by atoms with Crippen molar-refractivity contribution in [1.82, 2.24) is 5.32 Å². The zero-order valence-electron chi connectivity index (χ0n) is 12.8. The van der Waals surface area contributed by atoms with Crippen LogP contribution in [0.5, 0.6) is 0 Å². The topological polar surface area (TPSA) is 41.5 Å². The van der Waals surface area contributed by atoms with E-state index >= 15 is 0 Å². The summed E-state index contributed by atoms with van der Waals surface area (Å²) in [5.74, 6) is 0. The third kappa shape index (κ3) is 5.68. The second-order valence-corrected chi connectivity index (χ2v) is 7.46. The zero-order chi connectivity index (χ0) is 13.8. The monoisotopic (exact) mass is 257 g/mol. The summed E-state index contributed by atoms with van der Waals surface area (Å²) in [6.45, 7) is 10.8. The molecule has 0 heterocycles. The second kappa shape index (κ2) is 6.36.